The molecule has 1 aliphatic heterocycles. The van der Waals surface area contributed by atoms with Crippen molar-refractivity contribution >= 4 is 17.3 Å². The largest absolute Gasteiger partial charge is 0.392 e. The van der Waals surface area contributed by atoms with Crippen LogP contribution < -0.4 is 4.90 Å². The Morgan fingerprint density at radius 2 is 1.94 bits per heavy atom. The highest BCUT2D eigenvalue weighted by Crippen LogP contribution is 2.34. The Labute approximate surface area is 108 Å². The molecule has 0 bridgehead atoms. The second kappa shape index (κ2) is 4.87. The van der Waals surface area contributed by atoms with E-state index in [1.807, 2.05) is 18.2 Å². The van der Waals surface area contributed by atoms with Crippen LogP contribution in [0, 0.1) is 5.41 Å². The predicted octanol–water partition coefficient (Wildman–Crippen LogP) is 3.46. The molecule has 0 aromatic heterocycles. The van der Waals surface area contributed by atoms with Crippen molar-refractivity contribution in [1.29, 1.82) is 0 Å². The van der Waals surface area contributed by atoms with E-state index in [0.29, 0.717) is 5.41 Å². The number of nitrogens with zero attached hydrogens (tertiary/aromatic N) is 1. The molecule has 1 saturated heterocycles. The topological polar surface area (TPSA) is 23.5 Å². The molecule has 2 nitrogen and oxygen atoms in total. The Morgan fingerprint density at radius 3 is 2.53 bits per heavy atom. The Balaban J connectivity index is 2.20. The van der Waals surface area contributed by atoms with Gasteiger partial charge >= 0.3 is 0 Å². The van der Waals surface area contributed by atoms with Gasteiger partial charge in [0.15, 0.2) is 0 Å². The molecule has 0 aliphatic carbocycles. The molecule has 1 aromatic carbocycles. The monoisotopic (exact) mass is 253 g/mol. The van der Waals surface area contributed by atoms with Gasteiger partial charge in [0.1, 0.15) is 0 Å². The molecule has 0 amide bonds. The second-order valence-electron chi connectivity index (χ2n) is 5.58. The number of aliphatic hydroxyl groups is 1. The zero-order chi connectivity index (χ0) is 12.5. The molecule has 0 saturated carbocycles. The summed E-state index contributed by atoms with van der Waals surface area (Å²) < 4.78 is 0. The average molecular weight is 254 g/mol. The van der Waals surface area contributed by atoms with Crippen molar-refractivity contribution in [2.75, 3.05) is 18.0 Å². The zero-order valence-electron chi connectivity index (χ0n) is 10.5. The smallest absolute Gasteiger partial charge is 0.0702 e. The van der Waals surface area contributed by atoms with Crippen LogP contribution in [0.1, 0.15) is 32.3 Å². The number of rotatable bonds is 2. The third-order valence-corrected chi connectivity index (χ3v) is 3.91. The van der Waals surface area contributed by atoms with Crippen LogP contribution in [-0.2, 0) is 6.61 Å². The van der Waals surface area contributed by atoms with Crippen molar-refractivity contribution in [2.45, 2.75) is 33.3 Å². The first-order valence-corrected chi connectivity index (χ1v) is 6.54. The molecule has 1 N–H and O–H groups in total. The van der Waals surface area contributed by atoms with Gasteiger partial charge in [0.05, 0.1) is 6.61 Å². The molecule has 1 aromatic rings. The first-order chi connectivity index (χ1) is 8.02. The number of hydrogen-bond donors (Lipinski definition) is 1. The third kappa shape index (κ3) is 2.93. The highest BCUT2D eigenvalue weighted by molar-refractivity contribution is 6.30. The minimum Gasteiger partial charge on any atom is -0.392 e. The van der Waals surface area contributed by atoms with Gasteiger partial charge in [0.25, 0.3) is 0 Å². The molecule has 1 aliphatic rings. The summed E-state index contributed by atoms with van der Waals surface area (Å²) in [6.07, 6.45) is 2.37. The summed E-state index contributed by atoms with van der Waals surface area (Å²) in [5.41, 5.74) is 2.50. The summed E-state index contributed by atoms with van der Waals surface area (Å²) in [6.45, 7) is 6.79. The van der Waals surface area contributed by atoms with Gasteiger partial charge in [-0.15, -0.1) is 0 Å². The van der Waals surface area contributed by atoms with Crippen molar-refractivity contribution in [3.63, 3.8) is 0 Å². The van der Waals surface area contributed by atoms with E-state index in [1.54, 1.807) is 0 Å². The van der Waals surface area contributed by atoms with Gasteiger partial charge in [0.2, 0.25) is 0 Å². The maximum absolute atomic E-state index is 9.37. The van der Waals surface area contributed by atoms with Crippen LogP contribution in [0.5, 0.6) is 0 Å². The Bertz CT molecular complexity index is 393. The highest BCUT2D eigenvalue weighted by Gasteiger charge is 2.26. The van der Waals surface area contributed by atoms with Crippen molar-refractivity contribution in [1.82, 2.24) is 0 Å². The summed E-state index contributed by atoms with van der Waals surface area (Å²) in [4.78, 5) is 2.34. The van der Waals surface area contributed by atoms with E-state index >= 15 is 0 Å². The molecule has 0 atom stereocenters. The first kappa shape index (κ1) is 12.7. The standard InChI is InChI=1S/C14H20ClNO/c1-14(2)5-7-16(8-6-14)13-9-12(15)4-3-11(13)10-17/h3-4,9,17H,5-8,10H2,1-2H3. The second-order valence-corrected chi connectivity index (χ2v) is 6.02. The lowest BCUT2D eigenvalue weighted by Gasteiger charge is -2.39. The number of aliphatic hydroxyl groups excluding tert-OH is 1. The number of benzene rings is 1. The lowest BCUT2D eigenvalue weighted by Crippen LogP contribution is -2.37. The van der Waals surface area contributed by atoms with Crippen molar-refractivity contribution < 1.29 is 5.11 Å². The van der Waals surface area contributed by atoms with Crippen molar-refractivity contribution in [2.24, 2.45) is 5.41 Å². The Hall–Kier alpha value is -0.730. The van der Waals surface area contributed by atoms with Crippen LogP contribution in [0.25, 0.3) is 0 Å². The van der Waals surface area contributed by atoms with Crippen molar-refractivity contribution in [3.8, 4) is 0 Å². The minimum absolute atomic E-state index is 0.0758. The first-order valence-electron chi connectivity index (χ1n) is 6.16. The summed E-state index contributed by atoms with van der Waals surface area (Å²) in [5.74, 6) is 0. The lowest BCUT2D eigenvalue weighted by atomic mass is 9.82. The van der Waals surface area contributed by atoms with Gasteiger partial charge < -0.3 is 10.0 Å². The number of halogens is 1. The number of piperidine rings is 1. The van der Waals surface area contributed by atoms with Crippen LogP contribution >= 0.6 is 11.6 Å². The van der Waals surface area contributed by atoms with Gasteiger partial charge in [-0.2, -0.15) is 0 Å². The minimum atomic E-state index is 0.0758. The van der Waals surface area contributed by atoms with Gasteiger partial charge in [-0.1, -0.05) is 31.5 Å². The molecule has 1 heterocycles. The normalized spacial score (nSPS) is 19.4. The average Bonchev–Trinajstić information content (AvgIpc) is 2.29. The summed E-state index contributed by atoms with van der Waals surface area (Å²) in [6, 6.07) is 5.72. The van der Waals surface area contributed by atoms with E-state index < -0.39 is 0 Å². The molecule has 0 radical (unpaired) electrons. The zero-order valence-corrected chi connectivity index (χ0v) is 11.3. The molecule has 2 rings (SSSR count). The Morgan fingerprint density at radius 1 is 1.29 bits per heavy atom. The lowest BCUT2D eigenvalue weighted by molar-refractivity contribution is 0.273. The summed E-state index contributed by atoms with van der Waals surface area (Å²) in [7, 11) is 0. The van der Waals surface area contributed by atoms with Gasteiger partial charge in [-0.25, -0.2) is 0 Å². The Kier molecular flexibility index (Phi) is 3.64. The van der Waals surface area contributed by atoms with E-state index in [1.165, 1.54) is 12.8 Å². The fourth-order valence-corrected chi connectivity index (χ4v) is 2.48. The maximum atomic E-state index is 9.37. The SMILES string of the molecule is CC1(C)CCN(c2cc(Cl)ccc2CO)CC1. The third-order valence-electron chi connectivity index (χ3n) is 3.68. The molecule has 0 spiro atoms. The maximum Gasteiger partial charge on any atom is 0.0702 e. The van der Waals surface area contributed by atoms with Gasteiger partial charge in [-0.3, -0.25) is 0 Å². The van der Waals surface area contributed by atoms with E-state index in [4.69, 9.17) is 11.6 Å². The van der Waals surface area contributed by atoms with E-state index in [0.717, 1.165) is 29.4 Å². The molecule has 3 heteroatoms. The van der Waals surface area contributed by atoms with E-state index in [-0.39, 0.29) is 6.61 Å². The number of hydrogen-bond acceptors (Lipinski definition) is 2. The number of anilines is 1. The molecule has 17 heavy (non-hydrogen) atoms. The van der Waals surface area contributed by atoms with Crippen LogP contribution in [0.4, 0.5) is 5.69 Å². The molecular weight excluding hydrogens is 234 g/mol. The van der Waals surface area contributed by atoms with E-state index in [9.17, 15) is 5.11 Å². The van der Waals surface area contributed by atoms with E-state index in [2.05, 4.69) is 18.7 Å². The van der Waals surface area contributed by atoms with Crippen molar-refractivity contribution in [3.05, 3.63) is 28.8 Å². The van der Waals surface area contributed by atoms with Crippen LogP contribution in [0.15, 0.2) is 18.2 Å². The molecule has 0 unspecified atom stereocenters. The summed E-state index contributed by atoms with van der Waals surface area (Å²) >= 11 is 6.04. The predicted molar refractivity (Wildman–Crippen MR) is 72.6 cm³/mol. The van der Waals surface area contributed by atoms with Crippen LogP contribution in [0.2, 0.25) is 5.02 Å². The van der Waals surface area contributed by atoms with Gasteiger partial charge in [0, 0.05) is 29.4 Å². The highest BCUT2D eigenvalue weighted by atomic mass is 35.5. The summed E-state index contributed by atoms with van der Waals surface area (Å²) in [5, 5.41) is 10.1. The molecule has 1 fully saturated rings. The van der Waals surface area contributed by atoms with Crippen LogP contribution in [-0.4, -0.2) is 18.2 Å². The van der Waals surface area contributed by atoms with Crippen LogP contribution in [0.3, 0.4) is 0 Å². The fraction of sp³-hybridized carbons (Fsp3) is 0.571. The fourth-order valence-electron chi connectivity index (χ4n) is 2.32. The molecular formula is C14H20ClNO. The molecule has 94 valence electrons. The quantitative estimate of drug-likeness (QED) is 0.873. The van der Waals surface area contributed by atoms with Gasteiger partial charge in [-0.05, 0) is 30.4 Å².